The first kappa shape index (κ1) is 21.0. The van der Waals surface area contributed by atoms with Crippen molar-refractivity contribution in [1.29, 1.82) is 0 Å². The smallest absolute Gasteiger partial charge is 0.163 e. The van der Waals surface area contributed by atoms with Crippen molar-refractivity contribution < 1.29 is 15.0 Å². The van der Waals surface area contributed by atoms with E-state index in [4.69, 9.17) is 5.11 Å². The number of nitrogens with one attached hydrogen (secondary N) is 2. The lowest BCUT2D eigenvalue weighted by atomic mass is 9.79. The van der Waals surface area contributed by atoms with Crippen molar-refractivity contribution in [1.82, 2.24) is 25.1 Å². The highest BCUT2D eigenvalue weighted by Gasteiger charge is 2.32. The molecule has 1 saturated carbocycles. The van der Waals surface area contributed by atoms with Gasteiger partial charge in [-0.05, 0) is 30.0 Å². The zero-order valence-electron chi connectivity index (χ0n) is 17.3. The molecule has 0 radical (unpaired) electrons. The van der Waals surface area contributed by atoms with E-state index < -0.39 is 6.10 Å². The molecule has 4 rings (SSSR count). The highest BCUT2D eigenvalue weighted by atomic mass is 16.3. The number of aromatic amines is 1. The first-order valence-electron chi connectivity index (χ1n) is 10.8. The number of carbonyl (C=O) groups excluding carboxylic acids is 1. The number of rotatable bonds is 7. The summed E-state index contributed by atoms with van der Waals surface area (Å²) >= 11 is 0. The number of nitrogens with zero attached hydrogens (tertiary/aromatic N) is 3. The highest BCUT2D eigenvalue weighted by molar-refractivity contribution is 5.98. The molecule has 1 aliphatic carbocycles. The predicted octanol–water partition coefficient (Wildman–Crippen LogP) is 0.454. The van der Waals surface area contributed by atoms with Crippen molar-refractivity contribution in [3.8, 4) is 0 Å². The van der Waals surface area contributed by atoms with Crippen molar-refractivity contribution in [2.45, 2.75) is 24.9 Å². The number of H-pyrrole nitrogens is 1. The molecule has 0 aromatic carbocycles. The van der Waals surface area contributed by atoms with Crippen LogP contribution in [0.5, 0.6) is 0 Å². The number of hydrogen-bond acceptors (Lipinski definition) is 7. The molecule has 2 atom stereocenters. The Morgan fingerprint density at radius 1 is 1.20 bits per heavy atom. The topological polar surface area (TPSA) is 105 Å². The second-order valence-corrected chi connectivity index (χ2v) is 8.18. The van der Waals surface area contributed by atoms with Gasteiger partial charge in [0.1, 0.15) is 5.65 Å². The molecule has 0 amide bonds. The zero-order valence-corrected chi connectivity index (χ0v) is 17.3. The number of piperazine rings is 1. The molecule has 8 nitrogen and oxygen atoms in total. The molecule has 3 heterocycles. The normalized spacial score (nSPS) is 25.3. The second kappa shape index (κ2) is 9.70. The summed E-state index contributed by atoms with van der Waals surface area (Å²) in [5, 5.41) is 23.9. The van der Waals surface area contributed by atoms with Gasteiger partial charge in [-0.25, -0.2) is 4.98 Å². The van der Waals surface area contributed by atoms with Crippen LogP contribution in [0.25, 0.3) is 11.0 Å². The molecule has 2 fully saturated rings. The van der Waals surface area contributed by atoms with Crippen LogP contribution in [0.2, 0.25) is 0 Å². The Morgan fingerprint density at radius 3 is 2.70 bits per heavy atom. The van der Waals surface area contributed by atoms with Gasteiger partial charge in [0.25, 0.3) is 0 Å². The van der Waals surface area contributed by atoms with Gasteiger partial charge >= 0.3 is 0 Å². The van der Waals surface area contributed by atoms with E-state index in [1.807, 2.05) is 18.3 Å². The van der Waals surface area contributed by atoms with E-state index in [0.717, 1.165) is 62.4 Å². The van der Waals surface area contributed by atoms with Crippen LogP contribution in [0, 0.1) is 0 Å². The van der Waals surface area contributed by atoms with E-state index in [2.05, 4.69) is 25.1 Å². The van der Waals surface area contributed by atoms with Crippen molar-refractivity contribution in [3.05, 3.63) is 41.9 Å². The molecule has 2 unspecified atom stereocenters. The van der Waals surface area contributed by atoms with Gasteiger partial charge in [-0.1, -0.05) is 0 Å². The fourth-order valence-electron chi connectivity index (χ4n) is 4.54. The summed E-state index contributed by atoms with van der Waals surface area (Å²) < 4.78 is 0. The van der Waals surface area contributed by atoms with Gasteiger partial charge in [0.15, 0.2) is 5.78 Å². The maximum atomic E-state index is 12.7. The van der Waals surface area contributed by atoms with Crippen LogP contribution in [-0.4, -0.2) is 94.3 Å². The fraction of sp³-hybridized carbons (Fsp3) is 0.545. The van der Waals surface area contributed by atoms with E-state index in [-0.39, 0.29) is 18.3 Å². The molecular weight excluding hydrogens is 382 g/mol. The van der Waals surface area contributed by atoms with Crippen molar-refractivity contribution in [3.63, 3.8) is 0 Å². The molecule has 30 heavy (non-hydrogen) atoms. The second-order valence-electron chi connectivity index (χ2n) is 8.18. The monoisotopic (exact) mass is 413 g/mol. The van der Waals surface area contributed by atoms with Crippen LogP contribution in [-0.2, 0) is 4.79 Å². The lowest BCUT2D eigenvalue weighted by Crippen LogP contribution is -2.48. The Bertz CT molecular complexity index is 888. The highest BCUT2D eigenvalue weighted by Crippen LogP contribution is 2.36. The van der Waals surface area contributed by atoms with Crippen LogP contribution in [0.3, 0.4) is 0 Å². The maximum Gasteiger partial charge on any atom is 0.163 e. The summed E-state index contributed by atoms with van der Waals surface area (Å²) in [6.07, 6.45) is 5.50. The van der Waals surface area contributed by atoms with Gasteiger partial charge in [-0.3, -0.25) is 14.6 Å². The molecule has 2 aromatic heterocycles. The number of carbonyl (C=O) groups is 1. The average molecular weight is 414 g/mol. The van der Waals surface area contributed by atoms with Gasteiger partial charge in [-0.2, -0.15) is 0 Å². The van der Waals surface area contributed by atoms with Crippen molar-refractivity contribution in [2.24, 2.45) is 0 Å². The minimum atomic E-state index is -0.757. The van der Waals surface area contributed by atoms with E-state index in [0.29, 0.717) is 18.4 Å². The molecule has 8 heteroatoms. The number of fused-ring (bicyclic) bond motifs is 1. The first-order chi connectivity index (χ1) is 14.7. The maximum absolute atomic E-state index is 12.7. The molecule has 2 aliphatic rings. The number of β-amino-alcohol motifs (C(OH)–C–C–N with tert-alkyl or cyclic N) is 1. The van der Waals surface area contributed by atoms with E-state index in [1.165, 1.54) is 0 Å². The van der Waals surface area contributed by atoms with Crippen LogP contribution in [0.1, 0.15) is 24.3 Å². The summed E-state index contributed by atoms with van der Waals surface area (Å²) in [6, 6.07) is 3.93. The molecule has 1 aliphatic heterocycles. The number of aromatic nitrogens is 2. The largest absolute Gasteiger partial charge is 0.395 e. The fourth-order valence-corrected chi connectivity index (χ4v) is 4.54. The summed E-state index contributed by atoms with van der Waals surface area (Å²) in [6.45, 7) is 6.51. The molecule has 162 valence electrons. The van der Waals surface area contributed by atoms with Crippen molar-refractivity contribution in [2.75, 3.05) is 52.4 Å². The minimum absolute atomic E-state index is 0.00108. The van der Waals surface area contributed by atoms with Gasteiger partial charge in [0, 0.05) is 81.8 Å². The number of aliphatic hydroxyl groups excluding tert-OH is 2. The number of ketones is 1. The third kappa shape index (κ3) is 4.73. The van der Waals surface area contributed by atoms with E-state index in [9.17, 15) is 9.90 Å². The minimum Gasteiger partial charge on any atom is -0.395 e. The van der Waals surface area contributed by atoms with Gasteiger partial charge < -0.3 is 20.5 Å². The van der Waals surface area contributed by atoms with Crippen molar-refractivity contribution >= 4 is 16.8 Å². The standard InChI is InChI=1S/C22H31N5O3/c28-12-11-27-9-7-26(8-10-27)6-5-23-15-19-20(29)13-16(14-21(19)30)17-1-3-24-22-18(17)2-4-25-22/h1-4,15-16,20,23,28-29H,5-14H2,(H,24,25)/b19-15-. The summed E-state index contributed by atoms with van der Waals surface area (Å²) in [5.41, 5.74) is 2.37. The molecular formula is C22H31N5O3. The molecule has 0 bridgehead atoms. The predicted molar refractivity (Wildman–Crippen MR) is 115 cm³/mol. The third-order valence-electron chi connectivity index (χ3n) is 6.27. The van der Waals surface area contributed by atoms with Crippen LogP contribution in [0.15, 0.2) is 36.3 Å². The zero-order chi connectivity index (χ0) is 20.9. The molecule has 4 N–H and O–H groups in total. The van der Waals surface area contributed by atoms with Crippen LogP contribution < -0.4 is 5.32 Å². The summed E-state index contributed by atoms with van der Waals surface area (Å²) in [4.78, 5) is 24.8. The SMILES string of the molecule is O=C1CC(c2ccnc3[nH]ccc23)CC(O)/C1=C/NCCN1CCN(CCO)CC1. The summed E-state index contributed by atoms with van der Waals surface area (Å²) in [5.74, 6) is 0.00512. The van der Waals surface area contributed by atoms with Gasteiger partial charge in [-0.15, -0.1) is 0 Å². The Balaban J connectivity index is 1.28. The lowest BCUT2D eigenvalue weighted by molar-refractivity contribution is -0.118. The Morgan fingerprint density at radius 2 is 1.97 bits per heavy atom. The Hall–Kier alpha value is -2.26. The van der Waals surface area contributed by atoms with Crippen LogP contribution >= 0.6 is 0 Å². The third-order valence-corrected chi connectivity index (χ3v) is 6.27. The molecule has 2 aromatic rings. The molecule has 1 saturated heterocycles. The first-order valence-corrected chi connectivity index (χ1v) is 10.8. The Kier molecular flexibility index (Phi) is 6.79. The number of hydrogen-bond donors (Lipinski definition) is 4. The number of aliphatic hydroxyl groups is 2. The number of Topliss-reactive ketones (excluding diaryl/α,β-unsaturated/α-hetero) is 1. The molecule has 0 spiro atoms. The Labute approximate surface area is 176 Å². The van der Waals surface area contributed by atoms with Crippen LogP contribution in [0.4, 0.5) is 0 Å². The summed E-state index contributed by atoms with van der Waals surface area (Å²) in [7, 11) is 0. The number of pyridine rings is 1. The quantitative estimate of drug-likeness (QED) is 0.386. The average Bonchev–Trinajstić information content (AvgIpc) is 3.23. The van der Waals surface area contributed by atoms with E-state index >= 15 is 0 Å². The van der Waals surface area contributed by atoms with Gasteiger partial charge in [0.2, 0.25) is 0 Å². The van der Waals surface area contributed by atoms with Gasteiger partial charge in [0.05, 0.1) is 12.7 Å². The lowest BCUT2D eigenvalue weighted by Gasteiger charge is -2.34. The van der Waals surface area contributed by atoms with E-state index in [1.54, 1.807) is 12.4 Å².